The van der Waals surface area contributed by atoms with E-state index in [1.165, 1.54) is 0 Å². The molecule has 1 aromatic heterocycles. The van der Waals surface area contributed by atoms with Gasteiger partial charge in [0.15, 0.2) is 0 Å². The third-order valence-corrected chi connectivity index (χ3v) is 1.54. The normalized spacial score (nSPS) is 13.5. The molecule has 0 aliphatic carbocycles. The van der Waals surface area contributed by atoms with Crippen LogP contribution in [0.4, 0.5) is 11.5 Å². The highest BCUT2D eigenvalue weighted by molar-refractivity contribution is 5.85. The lowest BCUT2D eigenvalue weighted by atomic mass is 10.3. The van der Waals surface area contributed by atoms with E-state index in [0.717, 1.165) is 24.6 Å². The summed E-state index contributed by atoms with van der Waals surface area (Å²) in [5, 5.41) is 6.43. The van der Waals surface area contributed by atoms with Gasteiger partial charge in [-0.1, -0.05) is 0 Å². The first-order valence-corrected chi connectivity index (χ1v) is 3.39. The zero-order valence-corrected chi connectivity index (χ0v) is 6.82. The number of anilines is 2. The number of nitrogens with one attached hydrogen (secondary N) is 2. The van der Waals surface area contributed by atoms with E-state index in [4.69, 9.17) is 0 Å². The zero-order chi connectivity index (χ0) is 6.81. The molecule has 0 spiro atoms. The van der Waals surface area contributed by atoms with Crippen LogP contribution in [0.2, 0.25) is 0 Å². The summed E-state index contributed by atoms with van der Waals surface area (Å²) in [5.41, 5.74) is 1.11. The molecule has 60 valence electrons. The van der Waals surface area contributed by atoms with Crippen LogP contribution in [0, 0.1) is 0 Å². The van der Waals surface area contributed by atoms with Gasteiger partial charge in [-0.25, -0.2) is 4.98 Å². The fourth-order valence-electron chi connectivity index (χ4n) is 1.07. The topological polar surface area (TPSA) is 37.0 Å². The highest BCUT2D eigenvalue weighted by atomic mass is 35.5. The fourth-order valence-corrected chi connectivity index (χ4v) is 1.07. The number of rotatable bonds is 0. The molecule has 0 aromatic carbocycles. The van der Waals surface area contributed by atoms with Crippen molar-refractivity contribution in [2.24, 2.45) is 0 Å². The maximum atomic E-state index is 4.15. The number of halogens is 1. The monoisotopic (exact) mass is 171 g/mol. The molecule has 1 aliphatic rings. The van der Waals surface area contributed by atoms with Crippen LogP contribution >= 0.6 is 12.4 Å². The molecule has 3 nitrogen and oxygen atoms in total. The molecular weight excluding hydrogens is 162 g/mol. The SMILES string of the molecule is Cl.c1cnc2c(c1)NCCN2. The first kappa shape index (κ1) is 8.14. The Morgan fingerprint density at radius 1 is 1.27 bits per heavy atom. The molecular formula is C7H10ClN3. The Hall–Kier alpha value is -0.960. The Morgan fingerprint density at radius 3 is 2.91 bits per heavy atom. The lowest BCUT2D eigenvalue weighted by Gasteiger charge is -2.17. The molecule has 0 atom stereocenters. The van der Waals surface area contributed by atoms with Crippen LogP contribution in [0.3, 0.4) is 0 Å². The molecule has 1 aliphatic heterocycles. The van der Waals surface area contributed by atoms with Gasteiger partial charge in [0.1, 0.15) is 5.82 Å². The summed E-state index contributed by atoms with van der Waals surface area (Å²) in [5.74, 6) is 0.966. The van der Waals surface area contributed by atoms with Crippen molar-refractivity contribution in [1.29, 1.82) is 0 Å². The van der Waals surface area contributed by atoms with E-state index in [2.05, 4.69) is 15.6 Å². The highest BCUT2D eigenvalue weighted by Gasteiger charge is 2.05. The van der Waals surface area contributed by atoms with Crippen LogP contribution in [0.25, 0.3) is 0 Å². The maximum absolute atomic E-state index is 4.15. The van der Waals surface area contributed by atoms with E-state index < -0.39 is 0 Å². The predicted molar refractivity (Wildman–Crippen MR) is 48.5 cm³/mol. The van der Waals surface area contributed by atoms with Crippen molar-refractivity contribution in [2.45, 2.75) is 0 Å². The van der Waals surface area contributed by atoms with E-state index in [1.54, 1.807) is 6.20 Å². The van der Waals surface area contributed by atoms with Crippen molar-refractivity contribution in [1.82, 2.24) is 4.98 Å². The highest BCUT2D eigenvalue weighted by Crippen LogP contribution is 2.19. The van der Waals surface area contributed by atoms with E-state index in [9.17, 15) is 0 Å². The van der Waals surface area contributed by atoms with Crippen molar-refractivity contribution in [3.63, 3.8) is 0 Å². The maximum Gasteiger partial charge on any atom is 0.149 e. The number of aromatic nitrogens is 1. The molecule has 11 heavy (non-hydrogen) atoms. The van der Waals surface area contributed by atoms with Crippen LogP contribution in [0.5, 0.6) is 0 Å². The lowest BCUT2D eigenvalue weighted by Crippen LogP contribution is -2.21. The van der Waals surface area contributed by atoms with Gasteiger partial charge >= 0.3 is 0 Å². The van der Waals surface area contributed by atoms with Gasteiger partial charge in [-0.3, -0.25) is 0 Å². The summed E-state index contributed by atoms with van der Waals surface area (Å²) in [6.45, 7) is 1.95. The Bertz CT molecular complexity index is 214. The minimum absolute atomic E-state index is 0. The van der Waals surface area contributed by atoms with Gasteiger partial charge in [-0.15, -0.1) is 12.4 Å². The summed E-state index contributed by atoms with van der Waals surface area (Å²) in [6, 6.07) is 3.95. The summed E-state index contributed by atoms with van der Waals surface area (Å²) in [4.78, 5) is 4.15. The molecule has 0 bridgehead atoms. The Kier molecular flexibility index (Phi) is 2.54. The van der Waals surface area contributed by atoms with E-state index in [0.29, 0.717) is 0 Å². The quantitative estimate of drug-likeness (QED) is 0.619. The first-order valence-electron chi connectivity index (χ1n) is 3.39. The van der Waals surface area contributed by atoms with Gasteiger partial charge in [0.2, 0.25) is 0 Å². The smallest absolute Gasteiger partial charge is 0.149 e. The second kappa shape index (κ2) is 3.44. The second-order valence-corrected chi connectivity index (χ2v) is 2.25. The molecule has 2 N–H and O–H groups in total. The van der Waals surface area contributed by atoms with Crippen molar-refractivity contribution in [3.05, 3.63) is 18.3 Å². The lowest BCUT2D eigenvalue weighted by molar-refractivity contribution is 1.02. The summed E-state index contributed by atoms with van der Waals surface area (Å²) in [6.07, 6.45) is 1.79. The molecule has 0 saturated carbocycles. The van der Waals surface area contributed by atoms with E-state index >= 15 is 0 Å². The van der Waals surface area contributed by atoms with Crippen LogP contribution < -0.4 is 10.6 Å². The van der Waals surface area contributed by atoms with Crippen molar-refractivity contribution >= 4 is 23.9 Å². The summed E-state index contributed by atoms with van der Waals surface area (Å²) >= 11 is 0. The van der Waals surface area contributed by atoms with Gasteiger partial charge in [0.25, 0.3) is 0 Å². The number of nitrogens with zero attached hydrogens (tertiary/aromatic N) is 1. The second-order valence-electron chi connectivity index (χ2n) is 2.25. The fraction of sp³-hybridized carbons (Fsp3) is 0.286. The van der Waals surface area contributed by atoms with Gasteiger partial charge in [-0.05, 0) is 12.1 Å². The molecule has 0 saturated heterocycles. The van der Waals surface area contributed by atoms with Crippen LogP contribution in [-0.4, -0.2) is 18.1 Å². The van der Waals surface area contributed by atoms with Gasteiger partial charge in [0.05, 0.1) is 5.69 Å². The molecule has 0 fully saturated rings. The van der Waals surface area contributed by atoms with Crippen LogP contribution in [0.15, 0.2) is 18.3 Å². The molecule has 0 radical (unpaired) electrons. The van der Waals surface area contributed by atoms with E-state index in [1.807, 2.05) is 12.1 Å². The third kappa shape index (κ3) is 1.54. The minimum Gasteiger partial charge on any atom is -0.380 e. The molecule has 4 heteroatoms. The van der Waals surface area contributed by atoms with Gasteiger partial charge in [0, 0.05) is 19.3 Å². The number of fused-ring (bicyclic) bond motifs is 1. The molecule has 0 unspecified atom stereocenters. The van der Waals surface area contributed by atoms with Crippen molar-refractivity contribution in [3.8, 4) is 0 Å². The average Bonchev–Trinajstić information content (AvgIpc) is 2.05. The largest absolute Gasteiger partial charge is 0.380 e. The number of hydrogen-bond acceptors (Lipinski definition) is 3. The molecule has 0 amide bonds. The Morgan fingerprint density at radius 2 is 2.09 bits per heavy atom. The summed E-state index contributed by atoms with van der Waals surface area (Å²) < 4.78 is 0. The van der Waals surface area contributed by atoms with Gasteiger partial charge in [-0.2, -0.15) is 0 Å². The first-order chi connectivity index (χ1) is 4.97. The molecule has 2 rings (SSSR count). The predicted octanol–water partition coefficient (Wildman–Crippen LogP) is 1.34. The Balaban J connectivity index is 0.000000605. The van der Waals surface area contributed by atoms with Crippen molar-refractivity contribution < 1.29 is 0 Å². The molecule has 2 heterocycles. The third-order valence-electron chi connectivity index (χ3n) is 1.54. The minimum atomic E-state index is 0. The van der Waals surface area contributed by atoms with Gasteiger partial charge < -0.3 is 10.6 Å². The van der Waals surface area contributed by atoms with Crippen molar-refractivity contribution in [2.75, 3.05) is 23.7 Å². The van der Waals surface area contributed by atoms with E-state index in [-0.39, 0.29) is 12.4 Å². The van der Waals surface area contributed by atoms with Crippen LogP contribution in [0.1, 0.15) is 0 Å². The molecule has 1 aromatic rings. The Labute approximate surface area is 71.6 Å². The zero-order valence-electron chi connectivity index (χ0n) is 6.00. The van der Waals surface area contributed by atoms with Crippen LogP contribution in [-0.2, 0) is 0 Å². The average molecular weight is 172 g/mol. The summed E-state index contributed by atoms with van der Waals surface area (Å²) in [7, 11) is 0. The number of pyridine rings is 1. The standard InChI is InChI=1S/C7H9N3.ClH/c1-2-6-7(9-3-1)10-5-4-8-6;/h1-3,8H,4-5H2,(H,9,10);1H. The number of hydrogen-bond donors (Lipinski definition) is 2.